The van der Waals surface area contributed by atoms with Gasteiger partial charge in [-0.1, -0.05) is 6.92 Å². The number of piperidine rings is 1. The Bertz CT molecular complexity index is 673. The average molecular weight is 412 g/mol. The molecule has 0 aromatic heterocycles. The van der Waals surface area contributed by atoms with E-state index in [-0.39, 0.29) is 18.9 Å². The van der Waals surface area contributed by atoms with Crippen LogP contribution in [0.25, 0.3) is 0 Å². The molecule has 2 saturated heterocycles. The van der Waals surface area contributed by atoms with Crippen LogP contribution in [0.3, 0.4) is 0 Å². The fourth-order valence-electron chi connectivity index (χ4n) is 4.09. The number of ether oxygens (including phenoxy) is 1. The first-order valence-electron chi connectivity index (χ1n) is 10.5. The van der Waals surface area contributed by atoms with Crippen LogP contribution in [-0.2, 0) is 0 Å². The molecule has 0 spiro atoms. The van der Waals surface area contributed by atoms with E-state index in [0.29, 0.717) is 24.0 Å². The third-order valence-corrected chi connectivity index (χ3v) is 6.17. The lowest BCUT2D eigenvalue weighted by molar-refractivity contribution is -0.0756. The number of carbonyl (C=O) groups is 1. The summed E-state index contributed by atoms with van der Waals surface area (Å²) >= 11 is 0. The Kier molecular flexibility index (Phi) is 7.57. The Morgan fingerprint density at radius 2 is 1.86 bits per heavy atom. The minimum absolute atomic E-state index is 0.272. The number of likely N-dealkylation sites (tertiary alicyclic amines) is 2. The second-order valence-corrected chi connectivity index (χ2v) is 8.30. The van der Waals surface area contributed by atoms with E-state index in [1.807, 2.05) is 0 Å². The number of halogens is 3. The van der Waals surface area contributed by atoms with Crippen LogP contribution in [0, 0.1) is 5.92 Å². The maximum absolute atomic E-state index is 14.1. The fraction of sp³-hybridized carbons (Fsp3) is 0.682. The van der Waals surface area contributed by atoms with Gasteiger partial charge in [0.25, 0.3) is 0 Å². The smallest absolute Gasteiger partial charge is 0.185 e. The summed E-state index contributed by atoms with van der Waals surface area (Å²) in [5, 5.41) is 0. The molecule has 5 unspecified atom stereocenters. The van der Waals surface area contributed by atoms with Crippen molar-refractivity contribution in [2.45, 2.75) is 57.8 Å². The minimum Gasteiger partial charge on any atom is -0.494 e. The molecule has 1 aromatic rings. The standard InChI is InChI=1S/C22H31F3N2O2/c1-15-5-3-10-26(15)11-4-12-29-18-8-6-17(7-9-18)20(28)14-27-13-19(23)16(2)21(24)22(27)25/h6-9,15-16,19,21-22H,3-5,10-14H2,1-2H3. The normalized spacial score (nSPS) is 31.1. The van der Waals surface area contributed by atoms with E-state index in [4.69, 9.17) is 4.74 Å². The molecular formula is C22H31F3N2O2. The van der Waals surface area contributed by atoms with Crippen molar-refractivity contribution in [2.75, 3.05) is 32.8 Å². The zero-order valence-electron chi connectivity index (χ0n) is 17.2. The quantitative estimate of drug-likeness (QED) is 0.366. The zero-order valence-corrected chi connectivity index (χ0v) is 17.2. The van der Waals surface area contributed by atoms with Crippen molar-refractivity contribution in [3.8, 4) is 5.75 Å². The highest BCUT2D eigenvalue weighted by molar-refractivity contribution is 5.97. The van der Waals surface area contributed by atoms with E-state index in [1.54, 1.807) is 24.3 Å². The van der Waals surface area contributed by atoms with Gasteiger partial charge in [0, 0.05) is 30.6 Å². The minimum atomic E-state index is -1.96. The summed E-state index contributed by atoms with van der Waals surface area (Å²) in [4.78, 5) is 15.8. The Hall–Kier alpha value is -1.60. The Balaban J connectivity index is 1.45. The SMILES string of the molecule is CC1C(F)CN(CC(=O)c2ccc(OCCCN3CCCC3C)cc2)C(F)C1F. The third kappa shape index (κ3) is 5.51. The molecule has 5 atom stereocenters. The van der Waals surface area contributed by atoms with Crippen LogP contribution in [0.1, 0.15) is 43.5 Å². The van der Waals surface area contributed by atoms with Gasteiger partial charge >= 0.3 is 0 Å². The van der Waals surface area contributed by atoms with Crippen molar-refractivity contribution in [2.24, 2.45) is 5.92 Å². The number of Topliss-reactive ketones (excluding diaryl/α,β-unsaturated/α-hetero) is 1. The summed E-state index contributed by atoms with van der Waals surface area (Å²) in [5.41, 5.74) is 0.375. The summed E-state index contributed by atoms with van der Waals surface area (Å²) in [6, 6.07) is 7.27. The van der Waals surface area contributed by atoms with Gasteiger partial charge in [0.05, 0.1) is 13.2 Å². The third-order valence-electron chi connectivity index (χ3n) is 6.17. The van der Waals surface area contributed by atoms with Crippen LogP contribution >= 0.6 is 0 Å². The molecule has 0 N–H and O–H groups in total. The largest absolute Gasteiger partial charge is 0.494 e. The first-order valence-corrected chi connectivity index (χ1v) is 10.5. The maximum Gasteiger partial charge on any atom is 0.185 e. The molecule has 162 valence electrons. The molecule has 0 radical (unpaired) electrons. The van der Waals surface area contributed by atoms with Gasteiger partial charge in [0.15, 0.2) is 18.3 Å². The molecule has 29 heavy (non-hydrogen) atoms. The van der Waals surface area contributed by atoms with Gasteiger partial charge in [-0.2, -0.15) is 0 Å². The van der Waals surface area contributed by atoms with Gasteiger partial charge in [0.2, 0.25) is 0 Å². The van der Waals surface area contributed by atoms with Gasteiger partial charge in [-0.3, -0.25) is 9.69 Å². The van der Waals surface area contributed by atoms with E-state index < -0.39 is 24.6 Å². The summed E-state index contributed by atoms with van der Waals surface area (Å²) in [7, 11) is 0. The molecule has 4 nitrogen and oxygen atoms in total. The zero-order chi connectivity index (χ0) is 21.0. The number of hydrogen-bond acceptors (Lipinski definition) is 4. The number of benzene rings is 1. The predicted molar refractivity (Wildman–Crippen MR) is 107 cm³/mol. The van der Waals surface area contributed by atoms with Gasteiger partial charge in [-0.15, -0.1) is 0 Å². The van der Waals surface area contributed by atoms with E-state index in [9.17, 15) is 18.0 Å². The van der Waals surface area contributed by atoms with Crippen LogP contribution in [0.15, 0.2) is 24.3 Å². The number of carbonyl (C=O) groups excluding carboxylic acids is 1. The molecule has 2 heterocycles. The topological polar surface area (TPSA) is 32.8 Å². The number of rotatable bonds is 8. The lowest BCUT2D eigenvalue weighted by atomic mass is 9.94. The number of nitrogens with zero attached hydrogens (tertiary/aromatic N) is 2. The van der Waals surface area contributed by atoms with Gasteiger partial charge in [-0.05, 0) is 57.0 Å². The Morgan fingerprint density at radius 3 is 2.52 bits per heavy atom. The Labute approximate surface area is 171 Å². The summed E-state index contributed by atoms with van der Waals surface area (Å²) < 4.78 is 47.6. The molecule has 7 heteroatoms. The monoisotopic (exact) mass is 412 g/mol. The lowest BCUT2D eigenvalue weighted by Gasteiger charge is -2.38. The second kappa shape index (κ2) is 9.94. The van der Waals surface area contributed by atoms with E-state index in [0.717, 1.165) is 24.4 Å². The molecule has 0 saturated carbocycles. The van der Waals surface area contributed by atoms with Gasteiger partial charge in [-0.25, -0.2) is 13.2 Å². The molecule has 0 amide bonds. The first kappa shape index (κ1) is 22.1. The fourth-order valence-corrected chi connectivity index (χ4v) is 4.09. The molecular weight excluding hydrogens is 381 g/mol. The predicted octanol–water partition coefficient (Wildman–Crippen LogP) is 4.05. The Morgan fingerprint density at radius 1 is 1.14 bits per heavy atom. The van der Waals surface area contributed by atoms with Crippen LogP contribution < -0.4 is 4.74 Å². The van der Waals surface area contributed by atoms with E-state index >= 15 is 0 Å². The van der Waals surface area contributed by atoms with Crippen LogP contribution in [0.2, 0.25) is 0 Å². The summed E-state index contributed by atoms with van der Waals surface area (Å²) in [6.45, 7) is 5.75. The van der Waals surface area contributed by atoms with Crippen molar-refractivity contribution in [1.29, 1.82) is 0 Å². The van der Waals surface area contributed by atoms with Crippen LogP contribution in [0.5, 0.6) is 5.75 Å². The lowest BCUT2D eigenvalue weighted by Crippen LogP contribution is -2.54. The molecule has 1 aromatic carbocycles. The van der Waals surface area contributed by atoms with Crippen molar-refractivity contribution < 1.29 is 22.7 Å². The van der Waals surface area contributed by atoms with E-state index in [1.165, 1.54) is 19.8 Å². The van der Waals surface area contributed by atoms with Crippen LogP contribution in [0.4, 0.5) is 13.2 Å². The highest BCUT2D eigenvalue weighted by Gasteiger charge is 2.43. The van der Waals surface area contributed by atoms with Crippen molar-refractivity contribution in [1.82, 2.24) is 9.80 Å². The molecule has 3 rings (SSSR count). The maximum atomic E-state index is 14.1. The highest BCUT2D eigenvalue weighted by Crippen LogP contribution is 2.29. The second-order valence-electron chi connectivity index (χ2n) is 8.30. The highest BCUT2D eigenvalue weighted by atomic mass is 19.2. The average Bonchev–Trinajstić information content (AvgIpc) is 3.13. The van der Waals surface area contributed by atoms with Crippen molar-refractivity contribution >= 4 is 5.78 Å². The van der Waals surface area contributed by atoms with Gasteiger partial charge in [0.1, 0.15) is 11.9 Å². The number of ketones is 1. The van der Waals surface area contributed by atoms with Crippen LogP contribution in [-0.4, -0.2) is 73.0 Å². The number of hydrogen-bond donors (Lipinski definition) is 0. The van der Waals surface area contributed by atoms with Crippen molar-refractivity contribution in [3.05, 3.63) is 29.8 Å². The number of alkyl halides is 3. The molecule has 0 bridgehead atoms. The van der Waals surface area contributed by atoms with E-state index in [2.05, 4.69) is 11.8 Å². The van der Waals surface area contributed by atoms with Crippen molar-refractivity contribution in [3.63, 3.8) is 0 Å². The molecule has 0 aliphatic carbocycles. The molecule has 2 fully saturated rings. The summed E-state index contributed by atoms with van der Waals surface area (Å²) in [6.07, 6.45) is -1.91. The first-order chi connectivity index (χ1) is 13.9. The molecule has 2 aliphatic heterocycles. The van der Waals surface area contributed by atoms with Gasteiger partial charge < -0.3 is 9.64 Å². The molecule has 2 aliphatic rings. The summed E-state index contributed by atoms with van der Waals surface area (Å²) in [5.74, 6) is -0.698.